The summed E-state index contributed by atoms with van der Waals surface area (Å²) in [6.07, 6.45) is 3.82. The third-order valence-corrected chi connectivity index (χ3v) is 3.94. The molecule has 1 aromatic carbocycles. The Bertz CT molecular complexity index is 375. The fourth-order valence-electron chi connectivity index (χ4n) is 2.81. The topological polar surface area (TPSA) is 38.5 Å². The molecule has 1 aromatic rings. The quantitative estimate of drug-likeness (QED) is 0.886. The van der Waals surface area contributed by atoms with E-state index >= 15 is 0 Å². The zero-order valence-corrected chi connectivity index (χ0v) is 12.1. The monoisotopic (exact) mass is 262 g/mol. The largest absolute Gasteiger partial charge is 0.492 e. The van der Waals surface area contributed by atoms with E-state index in [-0.39, 0.29) is 6.04 Å². The smallest absolute Gasteiger partial charge is 0.119 e. The summed E-state index contributed by atoms with van der Waals surface area (Å²) in [5.41, 5.74) is 7.34. The Hall–Kier alpha value is -1.06. The number of nitrogens with zero attached hydrogens (tertiary/aromatic N) is 1. The molecule has 1 aliphatic rings. The summed E-state index contributed by atoms with van der Waals surface area (Å²) in [6, 6.07) is 9.01. The molecule has 0 aromatic heterocycles. The second kappa shape index (κ2) is 6.92. The van der Waals surface area contributed by atoms with Gasteiger partial charge in [0.1, 0.15) is 12.4 Å². The first-order chi connectivity index (χ1) is 9.16. The van der Waals surface area contributed by atoms with Crippen molar-refractivity contribution in [2.45, 2.75) is 45.2 Å². The SMILES string of the molecule is Cc1ccc(OCCN2CCCCC2C(C)N)cc1. The molecular formula is C16H26N2O. The van der Waals surface area contributed by atoms with Gasteiger partial charge in [-0.2, -0.15) is 0 Å². The van der Waals surface area contributed by atoms with Crippen molar-refractivity contribution in [3.63, 3.8) is 0 Å². The molecule has 19 heavy (non-hydrogen) atoms. The van der Waals surface area contributed by atoms with Crippen LogP contribution in [-0.4, -0.2) is 36.7 Å². The predicted octanol–water partition coefficient (Wildman–Crippen LogP) is 2.58. The van der Waals surface area contributed by atoms with Gasteiger partial charge in [-0.25, -0.2) is 0 Å². The number of likely N-dealkylation sites (tertiary alicyclic amines) is 1. The summed E-state index contributed by atoms with van der Waals surface area (Å²) in [5.74, 6) is 0.958. The second-order valence-electron chi connectivity index (χ2n) is 5.62. The molecular weight excluding hydrogens is 236 g/mol. The molecule has 0 aliphatic carbocycles. The summed E-state index contributed by atoms with van der Waals surface area (Å²) in [5, 5.41) is 0. The highest BCUT2D eigenvalue weighted by Gasteiger charge is 2.24. The molecule has 106 valence electrons. The van der Waals surface area contributed by atoms with Crippen molar-refractivity contribution in [3.8, 4) is 5.75 Å². The number of nitrogens with two attached hydrogens (primary N) is 1. The molecule has 0 bridgehead atoms. The van der Waals surface area contributed by atoms with E-state index in [2.05, 4.69) is 30.9 Å². The summed E-state index contributed by atoms with van der Waals surface area (Å²) in [4.78, 5) is 2.49. The molecule has 2 atom stereocenters. The normalized spacial score (nSPS) is 22.2. The van der Waals surface area contributed by atoms with Gasteiger partial charge in [0.15, 0.2) is 0 Å². The fourth-order valence-corrected chi connectivity index (χ4v) is 2.81. The Morgan fingerprint density at radius 1 is 1.32 bits per heavy atom. The van der Waals surface area contributed by atoms with Gasteiger partial charge in [0.25, 0.3) is 0 Å². The third kappa shape index (κ3) is 4.22. The molecule has 2 rings (SSSR count). The van der Waals surface area contributed by atoms with Crippen molar-refractivity contribution < 1.29 is 4.74 Å². The van der Waals surface area contributed by atoms with E-state index in [1.54, 1.807) is 0 Å². The van der Waals surface area contributed by atoms with Gasteiger partial charge in [0, 0.05) is 18.6 Å². The molecule has 0 saturated carbocycles. The highest BCUT2D eigenvalue weighted by atomic mass is 16.5. The Morgan fingerprint density at radius 2 is 2.05 bits per heavy atom. The summed E-state index contributed by atoms with van der Waals surface area (Å²) in [6.45, 7) is 7.07. The van der Waals surface area contributed by atoms with E-state index in [1.807, 2.05) is 12.1 Å². The number of aryl methyl sites for hydroxylation is 1. The molecule has 1 fully saturated rings. The average molecular weight is 262 g/mol. The summed E-state index contributed by atoms with van der Waals surface area (Å²) < 4.78 is 5.81. The van der Waals surface area contributed by atoms with E-state index in [1.165, 1.54) is 24.8 Å². The average Bonchev–Trinajstić information content (AvgIpc) is 2.41. The van der Waals surface area contributed by atoms with E-state index in [9.17, 15) is 0 Å². The van der Waals surface area contributed by atoms with Crippen LogP contribution in [0.3, 0.4) is 0 Å². The maximum Gasteiger partial charge on any atom is 0.119 e. The Labute approximate surface area is 116 Å². The highest BCUT2D eigenvalue weighted by molar-refractivity contribution is 5.26. The minimum atomic E-state index is 0.250. The van der Waals surface area contributed by atoms with Crippen LogP contribution in [0, 0.1) is 6.92 Å². The Balaban J connectivity index is 1.79. The van der Waals surface area contributed by atoms with E-state index in [0.717, 1.165) is 25.4 Å². The maximum absolute atomic E-state index is 6.07. The molecule has 2 N–H and O–H groups in total. The van der Waals surface area contributed by atoms with Crippen molar-refractivity contribution in [2.24, 2.45) is 5.73 Å². The first kappa shape index (κ1) is 14.4. The minimum absolute atomic E-state index is 0.250. The number of hydrogen-bond acceptors (Lipinski definition) is 3. The van der Waals surface area contributed by atoms with Crippen LogP contribution in [0.5, 0.6) is 5.75 Å². The number of ether oxygens (including phenoxy) is 1. The van der Waals surface area contributed by atoms with E-state index in [0.29, 0.717) is 6.04 Å². The number of benzene rings is 1. The summed E-state index contributed by atoms with van der Waals surface area (Å²) >= 11 is 0. The third-order valence-electron chi connectivity index (χ3n) is 3.94. The number of hydrogen-bond donors (Lipinski definition) is 1. The van der Waals surface area contributed by atoms with Gasteiger partial charge in [-0.1, -0.05) is 24.1 Å². The summed E-state index contributed by atoms with van der Waals surface area (Å²) in [7, 11) is 0. The fraction of sp³-hybridized carbons (Fsp3) is 0.625. The van der Waals surface area contributed by atoms with Gasteiger partial charge in [-0.3, -0.25) is 4.90 Å². The lowest BCUT2D eigenvalue weighted by Crippen LogP contribution is -2.50. The maximum atomic E-state index is 6.07. The van der Waals surface area contributed by atoms with Crippen molar-refractivity contribution in [1.82, 2.24) is 4.90 Å². The standard InChI is InChI=1S/C16H26N2O/c1-13-6-8-15(9-7-13)19-12-11-18-10-4-3-5-16(18)14(2)17/h6-9,14,16H,3-5,10-12,17H2,1-2H3. The van der Waals surface area contributed by atoms with Crippen LogP contribution < -0.4 is 10.5 Å². The molecule has 1 aliphatic heterocycles. The van der Waals surface area contributed by atoms with Crippen LogP contribution in [0.2, 0.25) is 0 Å². The van der Waals surface area contributed by atoms with Crippen LogP contribution in [0.15, 0.2) is 24.3 Å². The first-order valence-corrected chi connectivity index (χ1v) is 7.36. The van der Waals surface area contributed by atoms with Crippen molar-refractivity contribution >= 4 is 0 Å². The lowest BCUT2D eigenvalue weighted by Gasteiger charge is -2.37. The second-order valence-corrected chi connectivity index (χ2v) is 5.62. The molecule has 0 amide bonds. The van der Waals surface area contributed by atoms with Gasteiger partial charge < -0.3 is 10.5 Å². The van der Waals surface area contributed by atoms with Crippen molar-refractivity contribution in [2.75, 3.05) is 19.7 Å². The molecule has 0 spiro atoms. The molecule has 3 heteroatoms. The molecule has 3 nitrogen and oxygen atoms in total. The Morgan fingerprint density at radius 3 is 2.74 bits per heavy atom. The van der Waals surface area contributed by atoms with Crippen LogP contribution >= 0.6 is 0 Å². The van der Waals surface area contributed by atoms with Crippen LogP contribution in [-0.2, 0) is 0 Å². The molecule has 2 unspecified atom stereocenters. The van der Waals surface area contributed by atoms with Gasteiger partial charge in [0.05, 0.1) is 0 Å². The lowest BCUT2D eigenvalue weighted by atomic mass is 9.97. The molecule has 0 radical (unpaired) electrons. The molecule has 1 heterocycles. The van der Waals surface area contributed by atoms with Gasteiger partial charge >= 0.3 is 0 Å². The van der Waals surface area contributed by atoms with Crippen molar-refractivity contribution in [3.05, 3.63) is 29.8 Å². The number of rotatable bonds is 5. The van der Waals surface area contributed by atoms with E-state index in [4.69, 9.17) is 10.5 Å². The highest BCUT2D eigenvalue weighted by Crippen LogP contribution is 2.19. The zero-order chi connectivity index (χ0) is 13.7. The van der Waals surface area contributed by atoms with Gasteiger partial charge in [0.2, 0.25) is 0 Å². The Kier molecular flexibility index (Phi) is 5.23. The van der Waals surface area contributed by atoms with Crippen LogP contribution in [0.1, 0.15) is 31.7 Å². The first-order valence-electron chi connectivity index (χ1n) is 7.36. The van der Waals surface area contributed by atoms with Crippen molar-refractivity contribution in [1.29, 1.82) is 0 Å². The van der Waals surface area contributed by atoms with Crippen LogP contribution in [0.25, 0.3) is 0 Å². The van der Waals surface area contributed by atoms with E-state index < -0.39 is 0 Å². The van der Waals surface area contributed by atoms with Gasteiger partial charge in [-0.15, -0.1) is 0 Å². The lowest BCUT2D eigenvalue weighted by molar-refractivity contribution is 0.109. The van der Waals surface area contributed by atoms with Crippen LogP contribution in [0.4, 0.5) is 0 Å². The van der Waals surface area contributed by atoms with Gasteiger partial charge in [-0.05, 0) is 45.4 Å². The minimum Gasteiger partial charge on any atom is -0.492 e. The zero-order valence-electron chi connectivity index (χ0n) is 12.1. The predicted molar refractivity (Wildman–Crippen MR) is 79.5 cm³/mol. The number of piperidine rings is 1. The molecule has 1 saturated heterocycles.